The number of hydrogen-bond donors (Lipinski definition) is 1. The van der Waals surface area contributed by atoms with Crippen molar-refractivity contribution in [3.8, 4) is 0 Å². The quantitative estimate of drug-likeness (QED) is 0.537. The maximum absolute atomic E-state index is 13.2. The Hall–Kier alpha value is -3.20. The number of fused-ring (bicyclic) bond motifs is 1. The predicted octanol–water partition coefficient (Wildman–Crippen LogP) is 2.55. The first-order valence-corrected chi connectivity index (χ1v) is 12.5. The molecule has 0 bridgehead atoms. The van der Waals surface area contributed by atoms with Crippen LogP contribution in [0.4, 0.5) is 0 Å². The highest BCUT2D eigenvalue weighted by Gasteiger charge is 2.41. The largest absolute Gasteiger partial charge is 0.354 e. The number of carbonyl (C=O) groups excluding carboxylic acids is 3. The van der Waals surface area contributed by atoms with Gasteiger partial charge in [-0.15, -0.1) is 0 Å². The summed E-state index contributed by atoms with van der Waals surface area (Å²) in [7, 11) is -3.99. The Balaban J connectivity index is 1.74. The van der Waals surface area contributed by atoms with Crippen molar-refractivity contribution in [3.63, 3.8) is 0 Å². The fourth-order valence-corrected chi connectivity index (χ4v) is 5.26. The SMILES string of the molecule is CCCCNC(=O)[C@@H](C)N(Cc1ccccc1)C(=O)CCN1C(=O)c2ccccc2S1(=O)=O. The zero-order valence-corrected chi connectivity index (χ0v) is 19.7. The minimum absolute atomic E-state index is 0.0488. The van der Waals surface area contributed by atoms with Crippen molar-refractivity contribution in [1.82, 2.24) is 14.5 Å². The number of nitrogens with zero attached hydrogens (tertiary/aromatic N) is 2. The van der Waals surface area contributed by atoms with Crippen LogP contribution in [0.5, 0.6) is 0 Å². The number of hydrogen-bond acceptors (Lipinski definition) is 5. The molecule has 9 heteroatoms. The standard InChI is InChI=1S/C24H29N3O5S/c1-3-4-15-25-23(29)18(2)26(17-19-10-6-5-7-11-19)22(28)14-16-27-24(30)20-12-8-9-13-21(20)33(27,31)32/h5-13,18H,3-4,14-17H2,1-2H3,(H,25,29)/t18-/m1/s1. The number of amides is 3. The average Bonchev–Trinajstić information content (AvgIpc) is 3.01. The second-order valence-electron chi connectivity index (χ2n) is 7.96. The Bertz CT molecular complexity index is 1120. The predicted molar refractivity (Wildman–Crippen MR) is 124 cm³/mol. The van der Waals surface area contributed by atoms with Gasteiger partial charge in [-0.25, -0.2) is 12.7 Å². The molecule has 0 saturated carbocycles. The van der Waals surface area contributed by atoms with Gasteiger partial charge in [0.1, 0.15) is 10.9 Å². The van der Waals surface area contributed by atoms with Crippen LogP contribution in [0.15, 0.2) is 59.5 Å². The van der Waals surface area contributed by atoms with E-state index in [1.807, 2.05) is 37.3 Å². The van der Waals surface area contributed by atoms with E-state index in [2.05, 4.69) is 5.32 Å². The number of nitrogens with one attached hydrogen (secondary N) is 1. The van der Waals surface area contributed by atoms with Gasteiger partial charge in [0, 0.05) is 26.1 Å². The van der Waals surface area contributed by atoms with Gasteiger partial charge in [-0.2, -0.15) is 0 Å². The molecule has 0 aromatic heterocycles. The average molecular weight is 472 g/mol. The van der Waals surface area contributed by atoms with Gasteiger partial charge < -0.3 is 10.2 Å². The van der Waals surface area contributed by atoms with E-state index in [1.54, 1.807) is 19.1 Å². The lowest BCUT2D eigenvalue weighted by Crippen LogP contribution is -2.48. The topological polar surface area (TPSA) is 104 Å². The minimum atomic E-state index is -3.99. The van der Waals surface area contributed by atoms with Crippen molar-refractivity contribution >= 4 is 27.7 Å². The molecule has 0 fully saturated rings. The number of unbranched alkanes of at least 4 members (excludes halogenated alkanes) is 1. The van der Waals surface area contributed by atoms with Crippen LogP contribution in [0.3, 0.4) is 0 Å². The lowest BCUT2D eigenvalue weighted by Gasteiger charge is -2.29. The minimum Gasteiger partial charge on any atom is -0.354 e. The Morgan fingerprint density at radius 1 is 1.06 bits per heavy atom. The Labute approximate surface area is 194 Å². The highest BCUT2D eigenvalue weighted by Crippen LogP contribution is 2.30. The van der Waals surface area contributed by atoms with Crippen LogP contribution in [-0.4, -0.2) is 54.5 Å². The normalized spacial score (nSPS) is 15.1. The molecule has 3 amide bonds. The van der Waals surface area contributed by atoms with Gasteiger partial charge in [-0.1, -0.05) is 55.8 Å². The molecule has 1 aliphatic rings. The maximum Gasteiger partial charge on any atom is 0.269 e. The van der Waals surface area contributed by atoms with E-state index in [9.17, 15) is 22.8 Å². The number of sulfonamides is 1. The first-order chi connectivity index (χ1) is 15.8. The van der Waals surface area contributed by atoms with Crippen LogP contribution in [0.1, 0.15) is 49.0 Å². The Morgan fingerprint density at radius 2 is 1.73 bits per heavy atom. The second-order valence-corrected chi connectivity index (χ2v) is 9.79. The third kappa shape index (κ3) is 5.42. The molecular weight excluding hydrogens is 442 g/mol. The number of benzene rings is 2. The smallest absolute Gasteiger partial charge is 0.269 e. The van der Waals surface area contributed by atoms with Crippen molar-refractivity contribution < 1.29 is 22.8 Å². The van der Waals surface area contributed by atoms with Crippen molar-refractivity contribution in [1.29, 1.82) is 0 Å². The van der Waals surface area contributed by atoms with Crippen molar-refractivity contribution in [2.75, 3.05) is 13.1 Å². The van der Waals surface area contributed by atoms with Gasteiger partial charge in [-0.05, 0) is 31.0 Å². The van der Waals surface area contributed by atoms with Crippen LogP contribution in [0.25, 0.3) is 0 Å². The van der Waals surface area contributed by atoms with Crippen LogP contribution in [-0.2, 0) is 26.2 Å². The molecule has 0 spiro atoms. The maximum atomic E-state index is 13.2. The summed E-state index contributed by atoms with van der Waals surface area (Å²) >= 11 is 0. The summed E-state index contributed by atoms with van der Waals surface area (Å²) in [5, 5.41) is 2.84. The third-order valence-corrected chi connectivity index (χ3v) is 7.47. The van der Waals surface area contributed by atoms with Gasteiger partial charge in [0.05, 0.1) is 5.56 Å². The highest BCUT2D eigenvalue weighted by atomic mass is 32.2. The fourth-order valence-electron chi connectivity index (χ4n) is 3.69. The molecule has 0 aliphatic carbocycles. The van der Waals surface area contributed by atoms with Gasteiger partial charge in [-0.3, -0.25) is 14.4 Å². The molecule has 176 valence electrons. The van der Waals surface area contributed by atoms with E-state index in [1.165, 1.54) is 17.0 Å². The van der Waals surface area contributed by atoms with Gasteiger partial charge >= 0.3 is 0 Å². The second kappa shape index (κ2) is 10.6. The molecule has 0 radical (unpaired) electrons. The number of rotatable bonds is 10. The number of carbonyl (C=O) groups is 3. The van der Waals surface area contributed by atoms with Crippen molar-refractivity contribution in [2.24, 2.45) is 0 Å². The molecule has 0 saturated heterocycles. The van der Waals surface area contributed by atoms with Crippen molar-refractivity contribution in [3.05, 3.63) is 65.7 Å². The van der Waals surface area contributed by atoms with Gasteiger partial charge in [0.25, 0.3) is 15.9 Å². The Morgan fingerprint density at radius 3 is 2.39 bits per heavy atom. The molecule has 1 N–H and O–H groups in total. The molecule has 1 atom stereocenters. The van der Waals surface area contributed by atoms with E-state index in [-0.39, 0.29) is 35.9 Å². The summed E-state index contributed by atoms with van der Waals surface area (Å²) in [6, 6.07) is 14.5. The molecule has 0 unspecified atom stereocenters. The summed E-state index contributed by atoms with van der Waals surface area (Å²) in [6.45, 7) is 4.10. The molecular formula is C24H29N3O5S. The first kappa shape index (κ1) is 24.4. The van der Waals surface area contributed by atoms with Crippen LogP contribution in [0.2, 0.25) is 0 Å². The van der Waals surface area contributed by atoms with E-state index < -0.39 is 27.9 Å². The molecule has 3 rings (SSSR count). The zero-order chi connectivity index (χ0) is 24.0. The highest BCUT2D eigenvalue weighted by molar-refractivity contribution is 7.90. The van der Waals surface area contributed by atoms with Crippen LogP contribution in [0, 0.1) is 0 Å². The fraction of sp³-hybridized carbons (Fsp3) is 0.375. The summed E-state index contributed by atoms with van der Waals surface area (Å²) in [6.07, 6.45) is 1.54. The monoisotopic (exact) mass is 471 g/mol. The lowest BCUT2D eigenvalue weighted by atomic mass is 10.1. The molecule has 1 heterocycles. The van der Waals surface area contributed by atoms with Gasteiger partial charge in [0.2, 0.25) is 11.8 Å². The van der Waals surface area contributed by atoms with Crippen LogP contribution >= 0.6 is 0 Å². The van der Waals surface area contributed by atoms with E-state index in [0.29, 0.717) is 6.54 Å². The molecule has 8 nitrogen and oxygen atoms in total. The van der Waals surface area contributed by atoms with E-state index >= 15 is 0 Å². The first-order valence-electron chi connectivity index (χ1n) is 11.0. The molecule has 2 aromatic carbocycles. The summed E-state index contributed by atoms with van der Waals surface area (Å²) < 4.78 is 26.3. The van der Waals surface area contributed by atoms with E-state index in [0.717, 1.165) is 22.7 Å². The molecule has 33 heavy (non-hydrogen) atoms. The van der Waals surface area contributed by atoms with E-state index in [4.69, 9.17) is 0 Å². The van der Waals surface area contributed by atoms with Crippen LogP contribution < -0.4 is 5.32 Å². The third-order valence-electron chi connectivity index (χ3n) is 5.63. The lowest BCUT2D eigenvalue weighted by molar-refractivity contribution is -0.140. The Kier molecular flexibility index (Phi) is 7.86. The summed E-state index contributed by atoms with van der Waals surface area (Å²) in [5.74, 6) is -1.32. The summed E-state index contributed by atoms with van der Waals surface area (Å²) in [5.41, 5.74) is 0.950. The van der Waals surface area contributed by atoms with Crippen molar-refractivity contribution in [2.45, 2.75) is 50.6 Å². The van der Waals surface area contributed by atoms with Gasteiger partial charge in [0.15, 0.2) is 0 Å². The summed E-state index contributed by atoms with van der Waals surface area (Å²) in [4.78, 5) is 39.8. The zero-order valence-electron chi connectivity index (χ0n) is 18.9. The molecule has 2 aromatic rings. The molecule has 1 aliphatic heterocycles.